The van der Waals surface area contributed by atoms with E-state index >= 15 is 0 Å². The number of hydrogen-bond acceptors (Lipinski definition) is 11. The Morgan fingerprint density at radius 3 is 2.37 bits per heavy atom. The minimum absolute atomic E-state index is 0.0427. The van der Waals surface area contributed by atoms with Gasteiger partial charge >= 0.3 is 11.9 Å². The lowest BCUT2D eigenvalue weighted by atomic mass is 10.1. The van der Waals surface area contributed by atoms with E-state index in [2.05, 4.69) is 10.6 Å². The molecule has 0 spiro atoms. The normalized spacial score (nSPS) is 14.5. The van der Waals surface area contributed by atoms with E-state index in [1.807, 2.05) is 51.0 Å². The lowest BCUT2D eigenvalue weighted by Crippen LogP contribution is -2.41. The number of hydroxylamine groups is 2. The number of Topliss-reactive ketones (excluding diaryl/α,β-unsaturated/α-hetero) is 1. The molecule has 11 nitrogen and oxygen atoms in total. The van der Waals surface area contributed by atoms with Crippen molar-refractivity contribution >= 4 is 41.0 Å². The third-order valence-corrected chi connectivity index (χ3v) is 7.71. The molecule has 1 fully saturated rings. The molecule has 1 aliphatic heterocycles. The molecule has 1 aliphatic rings. The van der Waals surface area contributed by atoms with E-state index in [1.54, 1.807) is 47.5 Å². The van der Waals surface area contributed by atoms with Crippen molar-refractivity contribution in [2.45, 2.75) is 64.8 Å². The molecule has 0 aliphatic carbocycles. The third kappa shape index (κ3) is 11.8. The fourth-order valence-corrected chi connectivity index (χ4v) is 5.19. The monoisotopic (exact) mass is 691 g/mol. The highest BCUT2D eigenvalue weighted by Crippen LogP contribution is 2.27. The Morgan fingerprint density at radius 1 is 0.980 bits per heavy atom. The fraction of sp³-hybridized carbons (Fsp3) is 0.378. The molecule has 0 aromatic heterocycles. The minimum Gasteiger partial charge on any atom is -0.490 e. The van der Waals surface area contributed by atoms with Crippen LogP contribution in [0, 0.1) is 0 Å². The van der Waals surface area contributed by atoms with Gasteiger partial charge in [0.15, 0.2) is 5.78 Å². The number of carbonyl (C=O) groups excluding carboxylic acids is 4. The van der Waals surface area contributed by atoms with Crippen molar-refractivity contribution in [3.05, 3.63) is 99.7 Å². The highest BCUT2D eigenvalue weighted by Gasteiger charge is 2.29. The molecular formula is C37H42ClN3O8. The number of nitrogens with zero attached hydrogens (tertiary/aromatic N) is 1. The van der Waals surface area contributed by atoms with E-state index in [0.717, 1.165) is 16.8 Å². The average molecular weight is 692 g/mol. The Hall–Kier alpha value is -4.67. The van der Waals surface area contributed by atoms with Crippen LogP contribution in [0.25, 0.3) is 0 Å². The summed E-state index contributed by atoms with van der Waals surface area (Å²) in [6.07, 6.45) is 0.992. The summed E-state index contributed by atoms with van der Waals surface area (Å²) in [7, 11) is 1.32. The van der Waals surface area contributed by atoms with E-state index in [1.165, 1.54) is 7.11 Å². The second-order valence-corrected chi connectivity index (χ2v) is 12.9. The van der Waals surface area contributed by atoms with Gasteiger partial charge in [0.05, 0.1) is 31.4 Å². The number of esters is 2. The fourth-order valence-electron chi connectivity index (χ4n) is 5.06. The third-order valence-electron chi connectivity index (χ3n) is 7.46. The standard InChI is InChI=1S/C37H42ClN3O8/c1-37(2,3)49-41-17-15-32(20-30(41)24-42)48-31-12-5-25(6-13-31)21-40-33-14-9-27(36(45)46-4)19-28(33)22-39-23-35(44)47-18-16-34(43)26-7-10-29(38)11-8-26/h5-14,19,32,39-40H,15-18,20-23H2,1-4H3. The van der Waals surface area contributed by atoms with E-state index in [9.17, 15) is 19.2 Å². The summed E-state index contributed by atoms with van der Waals surface area (Å²) in [5.41, 5.74) is 3.39. The summed E-state index contributed by atoms with van der Waals surface area (Å²) >= 11 is 5.87. The van der Waals surface area contributed by atoms with Gasteiger partial charge in [0.1, 0.15) is 23.5 Å². The number of benzene rings is 3. The van der Waals surface area contributed by atoms with Crippen LogP contribution >= 0.6 is 11.6 Å². The molecule has 49 heavy (non-hydrogen) atoms. The summed E-state index contributed by atoms with van der Waals surface area (Å²) in [4.78, 5) is 54.3. The summed E-state index contributed by atoms with van der Waals surface area (Å²) in [5.74, 6) is 1.56. The van der Waals surface area contributed by atoms with Gasteiger partial charge in [-0.25, -0.2) is 14.7 Å². The molecule has 260 valence electrons. The molecule has 0 radical (unpaired) electrons. The number of piperidine rings is 1. The molecule has 12 heteroatoms. The molecule has 0 saturated carbocycles. The number of ether oxygens (including phenoxy) is 3. The number of rotatable bonds is 15. The first-order chi connectivity index (χ1) is 23.4. The van der Waals surface area contributed by atoms with E-state index in [0.29, 0.717) is 53.5 Å². The van der Waals surface area contributed by atoms with Crippen molar-refractivity contribution in [1.29, 1.82) is 0 Å². The second-order valence-electron chi connectivity index (χ2n) is 12.5. The topological polar surface area (TPSA) is 132 Å². The summed E-state index contributed by atoms with van der Waals surface area (Å²) in [6.45, 7) is 6.94. The van der Waals surface area contributed by atoms with Crippen LogP contribution in [-0.2, 0) is 37.0 Å². The molecule has 1 saturated heterocycles. The first-order valence-electron chi connectivity index (χ1n) is 16.0. The SMILES string of the molecule is COC(=O)c1ccc(NCc2ccc(OC3CCN(OC(C)(C)C)C(=C=O)C3)cc2)c(CNCC(=O)OCCC(=O)c2ccc(Cl)cc2)c1. The maximum Gasteiger partial charge on any atom is 0.337 e. The van der Waals surface area contributed by atoms with Crippen LogP contribution in [0.2, 0.25) is 5.02 Å². The molecule has 3 aromatic carbocycles. The Kier molecular flexibility index (Phi) is 13.4. The molecule has 2 N–H and O–H groups in total. The van der Waals surface area contributed by atoms with Crippen molar-refractivity contribution in [3.8, 4) is 5.75 Å². The van der Waals surface area contributed by atoms with Crippen LogP contribution in [-0.4, -0.2) is 67.2 Å². The lowest BCUT2D eigenvalue weighted by Gasteiger charge is -2.36. The molecular weight excluding hydrogens is 650 g/mol. The molecule has 1 heterocycles. The zero-order valence-electron chi connectivity index (χ0n) is 28.2. The van der Waals surface area contributed by atoms with Gasteiger partial charge in [0.25, 0.3) is 0 Å². The Morgan fingerprint density at radius 2 is 1.69 bits per heavy atom. The summed E-state index contributed by atoms with van der Waals surface area (Å²) < 4.78 is 16.3. The van der Waals surface area contributed by atoms with Crippen LogP contribution in [0.3, 0.4) is 0 Å². The van der Waals surface area contributed by atoms with Crippen molar-refractivity contribution < 1.29 is 38.2 Å². The van der Waals surface area contributed by atoms with Gasteiger partial charge in [-0.3, -0.25) is 14.4 Å². The molecule has 0 bridgehead atoms. The van der Waals surface area contributed by atoms with Crippen LogP contribution in [0.4, 0.5) is 5.69 Å². The quantitative estimate of drug-likeness (QED) is 0.112. The number of ketones is 1. The second kappa shape index (κ2) is 17.6. The van der Waals surface area contributed by atoms with Crippen LogP contribution in [0.5, 0.6) is 5.75 Å². The first kappa shape index (κ1) is 37.2. The van der Waals surface area contributed by atoms with Gasteiger partial charge < -0.3 is 24.8 Å². The molecule has 0 amide bonds. The smallest absolute Gasteiger partial charge is 0.337 e. The van der Waals surface area contributed by atoms with Gasteiger partial charge in [-0.05, 0) is 86.5 Å². The molecule has 1 atom stereocenters. The van der Waals surface area contributed by atoms with E-state index in [4.69, 9.17) is 30.6 Å². The zero-order valence-corrected chi connectivity index (χ0v) is 28.9. The number of halogens is 1. The average Bonchev–Trinajstić information content (AvgIpc) is 3.08. The largest absolute Gasteiger partial charge is 0.490 e. The Labute approximate surface area is 291 Å². The molecule has 4 rings (SSSR count). The summed E-state index contributed by atoms with van der Waals surface area (Å²) in [5, 5.41) is 8.59. The van der Waals surface area contributed by atoms with Gasteiger partial charge in [0.2, 0.25) is 0 Å². The van der Waals surface area contributed by atoms with Gasteiger partial charge in [0, 0.05) is 55.2 Å². The van der Waals surface area contributed by atoms with Crippen molar-refractivity contribution in [1.82, 2.24) is 10.4 Å². The van der Waals surface area contributed by atoms with E-state index in [-0.39, 0.29) is 38.0 Å². The lowest BCUT2D eigenvalue weighted by molar-refractivity contribution is -0.217. The van der Waals surface area contributed by atoms with E-state index < -0.39 is 17.5 Å². The maximum atomic E-state index is 12.3. The predicted octanol–water partition coefficient (Wildman–Crippen LogP) is 5.93. The van der Waals surface area contributed by atoms with Crippen LogP contribution in [0.15, 0.2) is 72.4 Å². The van der Waals surface area contributed by atoms with Crippen LogP contribution < -0.4 is 15.4 Å². The van der Waals surface area contributed by atoms with Gasteiger partial charge in [-0.15, -0.1) is 0 Å². The highest BCUT2D eigenvalue weighted by molar-refractivity contribution is 6.30. The number of methoxy groups -OCH3 is 1. The zero-order chi connectivity index (χ0) is 35.4. The van der Waals surface area contributed by atoms with Gasteiger partial charge in [-0.1, -0.05) is 23.7 Å². The van der Waals surface area contributed by atoms with Crippen LogP contribution in [0.1, 0.15) is 71.9 Å². The van der Waals surface area contributed by atoms with Gasteiger partial charge in [-0.2, -0.15) is 0 Å². The molecule has 3 aromatic rings. The number of carbonyl (C=O) groups is 3. The summed E-state index contributed by atoms with van der Waals surface area (Å²) in [6, 6.07) is 19.4. The Balaban J connectivity index is 1.27. The number of nitrogens with one attached hydrogen (secondary N) is 2. The number of hydrogen-bond donors (Lipinski definition) is 2. The van der Waals surface area contributed by atoms with Crippen molar-refractivity contribution in [3.63, 3.8) is 0 Å². The maximum absolute atomic E-state index is 12.3. The minimum atomic E-state index is -0.507. The van der Waals surface area contributed by atoms with Crippen molar-refractivity contribution in [2.24, 2.45) is 0 Å². The Bertz CT molecular complexity index is 1650. The van der Waals surface area contributed by atoms with Crippen molar-refractivity contribution in [2.75, 3.05) is 32.1 Å². The number of anilines is 1. The highest BCUT2D eigenvalue weighted by atomic mass is 35.5. The first-order valence-corrected chi connectivity index (χ1v) is 16.4. The molecule has 1 unspecified atom stereocenters. The predicted molar refractivity (Wildman–Crippen MR) is 185 cm³/mol.